The Balaban J connectivity index is 2.77. The molecule has 5 heteroatoms. The van der Waals surface area contributed by atoms with Gasteiger partial charge in [0.25, 0.3) is 5.91 Å². The molecule has 0 aromatic carbocycles. The second-order valence-electron chi connectivity index (χ2n) is 3.11. The van der Waals surface area contributed by atoms with Crippen LogP contribution in [-0.2, 0) is 4.79 Å². The maximum Gasteiger partial charge on any atom is 0.414 e. The molecule has 1 N–H and O–H groups in total. The molecule has 1 saturated heterocycles. The average molecular weight is 184 g/mol. The van der Waals surface area contributed by atoms with Crippen LogP contribution in [0.1, 0.15) is 6.42 Å². The van der Waals surface area contributed by atoms with Crippen LogP contribution < -0.4 is 0 Å². The van der Waals surface area contributed by atoms with Crippen LogP contribution in [0.25, 0.3) is 0 Å². The molecule has 1 heterocycles. The highest BCUT2D eigenvalue weighted by Crippen LogP contribution is 2.16. The van der Waals surface area contributed by atoms with Gasteiger partial charge >= 0.3 is 6.09 Å². The minimum Gasteiger partial charge on any atom is -0.465 e. The highest BCUT2D eigenvalue weighted by Gasteiger charge is 2.30. The van der Waals surface area contributed by atoms with Crippen molar-refractivity contribution in [3.05, 3.63) is 11.8 Å². The van der Waals surface area contributed by atoms with E-state index in [2.05, 4.69) is 0 Å². The van der Waals surface area contributed by atoms with Crippen LogP contribution in [0.2, 0.25) is 0 Å². The molecule has 1 fully saturated rings. The van der Waals surface area contributed by atoms with Gasteiger partial charge in [-0.3, -0.25) is 4.79 Å². The molecule has 0 aromatic rings. The number of carbonyl (C=O) groups excluding carboxylic acids is 1. The molecule has 13 heavy (non-hydrogen) atoms. The summed E-state index contributed by atoms with van der Waals surface area (Å²) in [6.07, 6.45) is 0.987. The molecular formula is C8H12N2O3. The summed E-state index contributed by atoms with van der Waals surface area (Å²) >= 11 is 0. The zero-order valence-corrected chi connectivity index (χ0v) is 7.65. The van der Waals surface area contributed by atoms with Crippen molar-refractivity contribution in [1.29, 1.82) is 0 Å². The molecule has 1 aliphatic heterocycles. The van der Waals surface area contributed by atoms with Gasteiger partial charge in [-0.2, -0.15) is 0 Å². The lowest BCUT2D eigenvalue weighted by atomic mass is 10.2. The first kappa shape index (κ1) is 9.57. The average Bonchev–Trinajstić information content (AvgIpc) is 2.32. The van der Waals surface area contributed by atoms with Gasteiger partial charge < -0.3 is 10.0 Å². The Morgan fingerprint density at radius 3 is 2.62 bits per heavy atom. The molecular weight excluding hydrogens is 172 g/mol. The predicted octanol–water partition coefficient (Wildman–Crippen LogP) is 0.342. The van der Waals surface area contributed by atoms with Gasteiger partial charge in [0.05, 0.1) is 0 Å². The zero-order chi connectivity index (χ0) is 10.0. The molecule has 0 saturated carbocycles. The molecule has 0 bridgehead atoms. The molecule has 2 amide bonds. The van der Waals surface area contributed by atoms with Gasteiger partial charge in [0.15, 0.2) is 0 Å². The molecule has 0 atom stereocenters. The summed E-state index contributed by atoms with van der Waals surface area (Å²) in [6.45, 7) is 0.272. The van der Waals surface area contributed by atoms with Crippen LogP contribution in [0.3, 0.4) is 0 Å². The Bertz CT molecular complexity index is 271. The lowest BCUT2D eigenvalue weighted by Crippen LogP contribution is -2.30. The Kier molecular flexibility index (Phi) is 2.55. The summed E-state index contributed by atoms with van der Waals surface area (Å²) in [5, 5.41) is 8.60. The lowest BCUT2D eigenvalue weighted by molar-refractivity contribution is -0.123. The summed E-state index contributed by atoms with van der Waals surface area (Å²) in [6, 6.07) is 0. The summed E-state index contributed by atoms with van der Waals surface area (Å²) in [4.78, 5) is 24.4. The van der Waals surface area contributed by atoms with E-state index in [1.807, 2.05) is 0 Å². The number of likely N-dealkylation sites (tertiary alicyclic amines) is 1. The van der Waals surface area contributed by atoms with Crippen molar-refractivity contribution < 1.29 is 14.7 Å². The first-order valence-corrected chi connectivity index (χ1v) is 3.94. The van der Waals surface area contributed by atoms with Crippen molar-refractivity contribution in [2.45, 2.75) is 6.42 Å². The molecule has 0 radical (unpaired) electrons. The van der Waals surface area contributed by atoms with Crippen molar-refractivity contribution in [3.8, 4) is 0 Å². The monoisotopic (exact) mass is 184 g/mol. The van der Waals surface area contributed by atoms with E-state index in [0.717, 1.165) is 4.90 Å². The Labute approximate surface area is 76.2 Å². The van der Waals surface area contributed by atoms with Crippen LogP contribution in [0, 0.1) is 0 Å². The molecule has 0 unspecified atom stereocenters. The highest BCUT2D eigenvalue weighted by molar-refractivity contribution is 6.03. The third kappa shape index (κ3) is 1.99. The van der Waals surface area contributed by atoms with E-state index in [-0.39, 0.29) is 6.54 Å². The number of rotatable bonds is 1. The fourth-order valence-corrected chi connectivity index (χ4v) is 1.23. The Morgan fingerprint density at radius 1 is 1.62 bits per heavy atom. The Hall–Kier alpha value is -1.52. The number of carboxylic acid groups (broad SMARTS) is 1. The van der Waals surface area contributed by atoms with Crippen molar-refractivity contribution in [2.75, 3.05) is 20.6 Å². The van der Waals surface area contributed by atoms with Crippen LogP contribution in [0.5, 0.6) is 0 Å². The Morgan fingerprint density at radius 2 is 2.23 bits per heavy atom. The van der Waals surface area contributed by atoms with Gasteiger partial charge in [-0.1, -0.05) is 0 Å². The summed E-state index contributed by atoms with van der Waals surface area (Å²) < 4.78 is 0. The number of amides is 2. The maximum atomic E-state index is 11.3. The molecule has 1 aliphatic rings. The number of carbonyl (C=O) groups is 2. The van der Waals surface area contributed by atoms with Crippen LogP contribution in [0.15, 0.2) is 11.8 Å². The zero-order valence-electron chi connectivity index (χ0n) is 7.65. The fraction of sp³-hybridized carbons (Fsp3) is 0.500. The predicted molar refractivity (Wildman–Crippen MR) is 46.1 cm³/mol. The van der Waals surface area contributed by atoms with Gasteiger partial charge in [0.1, 0.15) is 0 Å². The van der Waals surface area contributed by atoms with E-state index in [1.54, 1.807) is 25.2 Å². The topological polar surface area (TPSA) is 60.9 Å². The fourth-order valence-electron chi connectivity index (χ4n) is 1.23. The van der Waals surface area contributed by atoms with Gasteiger partial charge in [-0.25, -0.2) is 9.69 Å². The van der Waals surface area contributed by atoms with Crippen molar-refractivity contribution >= 4 is 12.0 Å². The molecule has 72 valence electrons. The number of nitrogens with zero attached hydrogens (tertiary/aromatic N) is 2. The normalized spacial score (nSPS) is 19.7. The van der Waals surface area contributed by atoms with Gasteiger partial charge in [0, 0.05) is 32.4 Å². The van der Waals surface area contributed by atoms with E-state index < -0.39 is 12.0 Å². The first-order valence-electron chi connectivity index (χ1n) is 3.94. The second-order valence-corrected chi connectivity index (χ2v) is 3.11. The molecule has 0 aromatic heterocycles. The van der Waals surface area contributed by atoms with E-state index >= 15 is 0 Å². The van der Waals surface area contributed by atoms with Crippen molar-refractivity contribution in [3.63, 3.8) is 0 Å². The van der Waals surface area contributed by atoms with Gasteiger partial charge in [-0.15, -0.1) is 0 Å². The van der Waals surface area contributed by atoms with E-state index in [4.69, 9.17) is 5.11 Å². The highest BCUT2D eigenvalue weighted by atomic mass is 16.4. The SMILES string of the molecule is CN(C)C=C1CCN(C(=O)O)C1=O. The standard InChI is InChI=1S/C8H12N2O3/c1-9(2)5-6-3-4-10(7(6)11)8(12)13/h5H,3-4H2,1-2H3,(H,12,13). The third-order valence-corrected chi connectivity index (χ3v) is 1.77. The maximum absolute atomic E-state index is 11.3. The first-order chi connectivity index (χ1) is 6.02. The lowest BCUT2D eigenvalue weighted by Gasteiger charge is -2.08. The van der Waals surface area contributed by atoms with Gasteiger partial charge in [-0.05, 0) is 6.42 Å². The quantitative estimate of drug-likeness (QED) is 0.597. The van der Waals surface area contributed by atoms with Crippen molar-refractivity contribution in [1.82, 2.24) is 9.80 Å². The minimum atomic E-state index is -1.17. The summed E-state index contributed by atoms with van der Waals surface area (Å²) in [5.74, 6) is -0.402. The number of imide groups is 1. The molecule has 1 rings (SSSR count). The van der Waals surface area contributed by atoms with Crippen LogP contribution in [-0.4, -0.2) is 47.5 Å². The van der Waals surface area contributed by atoms with E-state index in [1.165, 1.54) is 0 Å². The smallest absolute Gasteiger partial charge is 0.414 e. The summed E-state index contributed by atoms with van der Waals surface area (Å²) in [5.41, 5.74) is 0.549. The summed E-state index contributed by atoms with van der Waals surface area (Å²) in [7, 11) is 3.59. The van der Waals surface area contributed by atoms with E-state index in [0.29, 0.717) is 12.0 Å². The van der Waals surface area contributed by atoms with Crippen LogP contribution in [0.4, 0.5) is 4.79 Å². The third-order valence-electron chi connectivity index (χ3n) is 1.77. The van der Waals surface area contributed by atoms with Gasteiger partial charge in [0.2, 0.25) is 0 Å². The molecule has 0 aliphatic carbocycles. The second kappa shape index (κ2) is 3.47. The minimum absolute atomic E-state index is 0.272. The molecule has 5 nitrogen and oxygen atoms in total. The number of hydrogen-bond acceptors (Lipinski definition) is 3. The largest absolute Gasteiger partial charge is 0.465 e. The van der Waals surface area contributed by atoms with E-state index in [9.17, 15) is 9.59 Å². The van der Waals surface area contributed by atoms with Crippen molar-refractivity contribution in [2.24, 2.45) is 0 Å². The molecule has 0 spiro atoms. The number of hydrogen-bond donors (Lipinski definition) is 1. The van der Waals surface area contributed by atoms with Crippen LogP contribution >= 0.6 is 0 Å².